The van der Waals surface area contributed by atoms with Crippen LogP contribution in [0.5, 0.6) is 0 Å². The second-order valence-electron chi connectivity index (χ2n) is 6.11. The number of alkyl halides is 1. The maximum Gasteiger partial charge on any atom is 0.192 e. The summed E-state index contributed by atoms with van der Waals surface area (Å²) in [5, 5.41) is 0. The van der Waals surface area contributed by atoms with E-state index in [4.69, 9.17) is 0 Å². The summed E-state index contributed by atoms with van der Waals surface area (Å²) in [5.41, 5.74) is 2.80. The number of benzene rings is 2. The van der Waals surface area contributed by atoms with E-state index in [1.165, 1.54) is 12.8 Å². The fraction of sp³-hybridized carbons (Fsp3) is 0.263. The number of hydrogen-bond acceptors (Lipinski definition) is 3. The first-order chi connectivity index (χ1) is 11.1. The molecular weight excluding hydrogens is 354 g/mol. The first-order valence-electron chi connectivity index (χ1n) is 7.85. The largest absolute Gasteiger partial charge is 0.372 e. The first kappa shape index (κ1) is 14.6. The van der Waals surface area contributed by atoms with Gasteiger partial charge in [0.05, 0.1) is 0 Å². The zero-order valence-corrected chi connectivity index (χ0v) is 14.2. The Balaban J connectivity index is 1.80. The summed E-state index contributed by atoms with van der Waals surface area (Å²) in [7, 11) is 0. The molecule has 2 aromatic rings. The Morgan fingerprint density at radius 2 is 1.48 bits per heavy atom. The van der Waals surface area contributed by atoms with E-state index in [0.29, 0.717) is 16.7 Å². The molecule has 0 radical (unpaired) electrons. The van der Waals surface area contributed by atoms with Gasteiger partial charge >= 0.3 is 0 Å². The highest BCUT2D eigenvalue weighted by atomic mass is 79.9. The van der Waals surface area contributed by atoms with Gasteiger partial charge in [-0.3, -0.25) is 9.59 Å². The highest BCUT2D eigenvalue weighted by Gasteiger charge is 2.52. The third kappa shape index (κ3) is 2.08. The molecular formula is C19H16BrNO2. The van der Waals surface area contributed by atoms with Crippen LogP contribution in [0.4, 0.5) is 5.69 Å². The van der Waals surface area contributed by atoms with Crippen molar-refractivity contribution in [2.75, 3.05) is 18.0 Å². The predicted octanol–water partition coefficient (Wildman–Crippen LogP) is 3.96. The number of halogens is 1. The monoisotopic (exact) mass is 369 g/mol. The van der Waals surface area contributed by atoms with Crippen molar-refractivity contribution in [3.63, 3.8) is 0 Å². The Labute approximate surface area is 143 Å². The minimum absolute atomic E-state index is 0.170. The second kappa shape index (κ2) is 5.31. The summed E-state index contributed by atoms with van der Waals surface area (Å²) in [6.07, 6.45) is 2.37. The summed E-state index contributed by atoms with van der Waals surface area (Å²) in [5.74, 6) is -0.339. The minimum Gasteiger partial charge on any atom is -0.372 e. The van der Waals surface area contributed by atoms with Crippen molar-refractivity contribution < 1.29 is 9.59 Å². The fourth-order valence-electron chi connectivity index (χ4n) is 3.51. The van der Waals surface area contributed by atoms with Gasteiger partial charge in [0.2, 0.25) is 0 Å². The molecule has 4 heteroatoms. The van der Waals surface area contributed by atoms with E-state index in [9.17, 15) is 9.59 Å². The summed E-state index contributed by atoms with van der Waals surface area (Å²) < 4.78 is -1.29. The van der Waals surface area contributed by atoms with Gasteiger partial charge in [-0.2, -0.15) is 0 Å². The van der Waals surface area contributed by atoms with Gasteiger partial charge in [-0.15, -0.1) is 0 Å². The molecule has 0 bridgehead atoms. The SMILES string of the molecule is O=C1c2ccccc2C(=O)C1(Br)c1cccc(N2CCCC2)c1. The van der Waals surface area contributed by atoms with E-state index in [-0.39, 0.29) is 11.6 Å². The first-order valence-corrected chi connectivity index (χ1v) is 8.65. The Hall–Kier alpha value is -1.94. The number of carbonyl (C=O) groups excluding carboxylic acids is 2. The van der Waals surface area contributed by atoms with Gasteiger partial charge < -0.3 is 4.90 Å². The number of hydrogen-bond donors (Lipinski definition) is 0. The third-order valence-corrected chi connectivity index (χ3v) is 5.94. The molecule has 3 nitrogen and oxygen atoms in total. The third-order valence-electron chi connectivity index (χ3n) is 4.76. The van der Waals surface area contributed by atoms with E-state index < -0.39 is 4.32 Å². The van der Waals surface area contributed by atoms with Gasteiger partial charge in [0.25, 0.3) is 0 Å². The molecule has 0 atom stereocenters. The lowest BCUT2D eigenvalue weighted by atomic mass is 9.93. The number of carbonyl (C=O) groups is 2. The van der Waals surface area contributed by atoms with Gasteiger partial charge in [-0.25, -0.2) is 0 Å². The zero-order chi connectivity index (χ0) is 16.0. The van der Waals surface area contributed by atoms with Crippen molar-refractivity contribution in [1.29, 1.82) is 0 Å². The molecule has 2 aromatic carbocycles. The van der Waals surface area contributed by atoms with Crippen LogP contribution in [0.15, 0.2) is 48.5 Å². The van der Waals surface area contributed by atoms with Crippen LogP contribution < -0.4 is 4.90 Å². The van der Waals surface area contributed by atoms with Crippen LogP contribution in [0.2, 0.25) is 0 Å². The van der Waals surface area contributed by atoms with Crippen molar-refractivity contribution in [2.24, 2.45) is 0 Å². The number of rotatable bonds is 2. The van der Waals surface area contributed by atoms with Gasteiger partial charge in [0, 0.05) is 29.9 Å². The summed E-state index contributed by atoms with van der Waals surface area (Å²) >= 11 is 3.49. The molecule has 23 heavy (non-hydrogen) atoms. The molecule has 0 N–H and O–H groups in total. The fourth-order valence-corrected chi connectivity index (χ4v) is 4.18. The maximum atomic E-state index is 12.9. The number of fused-ring (bicyclic) bond motifs is 1. The van der Waals surface area contributed by atoms with Crippen molar-refractivity contribution >= 4 is 33.2 Å². The smallest absolute Gasteiger partial charge is 0.192 e. The lowest BCUT2D eigenvalue weighted by Gasteiger charge is -2.23. The van der Waals surface area contributed by atoms with Crippen molar-refractivity contribution in [3.8, 4) is 0 Å². The Kier molecular flexibility index (Phi) is 3.38. The van der Waals surface area contributed by atoms with Gasteiger partial charge in [-0.05, 0) is 30.5 Å². The van der Waals surface area contributed by atoms with Crippen LogP contribution in [0.3, 0.4) is 0 Å². The van der Waals surface area contributed by atoms with Crippen LogP contribution in [0, 0.1) is 0 Å². The molecule has 1 saturated heterocycles. The predicted molar refractivity (Wildman–Crippen MR) is 93.6 cm³/mol. The van der Waals surface area contributed by atoms with E-state index in [1.54, 1.807) is 24.3 Å². The van der Waals surface area contributed by atoms with Crippen molar-refractivity contribution in [3.05, 3.63) is 65.2 Å². The van der Waals surface area contributed by atoms with Crippen LogP contribution in [-0.4, -0.2) is 24.7 Å². The molecule has 0 saturated carbocycles. The van der Waals surface area contributed by atoms with Gasteiger partial charge in [0.15, 0.2) is 15.9 Å². The Bertz CT molecular complexity index is 774. The summed E-state index contributed by atoms with van der Waals surface area (Å²) in [4.78, 5) is 28.1. The van der Waals surface area contributed by atoms with Crippen LogP contribution in [0.1, 0.15) is 39.1 Å². The Morgan fingerprint density at radius 3 is 2.09 bits per heavy atom. The van der Waals surface area contributed by atoms with E-state index in [1.807, 2.05) is 24.3 Å². The molecule has 0 aromatic heterocycles. The zero-order valence-electron chi connectivity index (χ0n) is 12.6. The molecule has 1 heterocycles. The average molecular weight is 370 g/mol. The van der Waals surface area contributed by atoms with Crippen molar-refractivity contribution in [1.82, 2.24) is 0 Å². The molecule has 1 aliphatic carbocycles. The quantitative estimate of drug-likeness (QED) is 0.593. The molecule has 0 spiro atoms. The highest BCUT2D eigenvalue weighted by Crippen LogP contribution is 2.45. The second-order valence-corrected chi connectivity index (χ2v) is 7.30. The lowest BCUT2D eigenvalue weighted by molar-refractivity contribution is 0.0871. The van der Waals surface area contributed by atoms with E-state index >= 15 is 0 Å². The van der Waals surface area contributed by atoms with Crippen molar-refractivity contribution in [2.45, 2.75) is 17.2 Å². The van der Waals surface area contributed by atoms with Crippen LogP contribution in [-0.2, 0) is 4.32 Å². The molecule has 1 fully saturated rings. The van der Waals surface area contributed by atoms with Crippen LogP contribution in [0.25, 0.3) is 0 Å². The Morgan fingerprint density at radius 1 is 0.870 bits per heavy atom. The normalized spacial score (nSPS) is 19.3. The lowest BCUT2D eigenvalue weighted by Crippen LogP contribution is -2.31. The average Bonchev–Trinajstić information content (AvgIpc) is 3.20. The van der Waals surface area contributed by atoms with Gasteiger partial charge in [-0.1, -0.05) is 52.3 Å². The number of anilines is 1. The maximum absolute atomic E-state index is 12.9. The van der Waals surface area contributed by atoms with E-state index in [2.05, 4.69) is 20.8 Å². The number of ketones is 2. The topological polar surface area (TPSA) is 37.4 Å². The number of nitrogens with zero attached hydrogens (tertiary/aromatic N) is 1. The van der Waals surface area contributed by atoms with Crippen LogP contribution >= 0.6 is 15.9 Å². The minimum atomic E-state index is -1.29. The summed E-state index contributed by atoms with van der Waals surface area (Å²) in [6, 6.07) is 14.8. The molecule has 116 valence electrons. The van der Waals surface area contributed by atoms with E-state index in [0.717, 1.165) is 18.8 Å². The standard InChI is InChI=1S/C19H16BrNO2/c20-19(17(22)15-8-1-2-9-16(15)18(19)23)13-6-5-7-14(12-13)21-10-3-4-11-21/h1-2,5-9,12H,3-4,10-11H2. The molecule has 0 amide bonds. The molecule has 1 aliphatic heterocycles. The van der Waals surface area contributed by atoms with Gasteiger partial charge in [0.1, 0.15) is 0 Å². The number of Topliss-reactive ketones (excluding diaryl/α,β-unsaturated/α-hetero) is 2. The molecule has 0 unspecified atom stereocenters. The highest BCUT2D eigenvalue weighted by molar-refractivity contribution is 9.10. The summed E-state index contributed by atoms with van der Waals surface area (Å²) in [6.45, 7) is 2.06. The molecule has 4 rings (SSSR count). The molecule has 2 aliphatic rings.